The Labute approximate surface area is 156 Å². The molecule has 1 amide bonds. The molecule has 0 atom stereocenters. The summed E-state index contributed by atoms with van der Waals surface area (Å²) in [6, 6.07) is 10.3. The normalized spacial score (nSPS) is 11.6. The number of nitrogens with one attached hydrogen (secondary N) is 1. The van der Waals surface area contributed by atoms with Crippen LogP contribution in [0.5, 0.6) is 5.75 Å². The Hall–Kier alpha value is -2.25. The van der Waals surface area contributed by atoms with Gasteiger partial charge in [-0.3, -0.25) is 4.79 Å². The van der Waals surface area contributed by atoms with Crippen molar-refractivity contribution in [3.05, 3.63) is 63.5 Å². The van der Waals surface area contributed by atoms with Crippen LogP contribution in [0.25, 0.3) is 10.1 Å². The highest BCUT2D eigenvalue weighted by molar-refractivity contribution is 7.21. The summed E-state index contributed by atoms with van der Waals surface area (Å²) in [5, 5.41) is 3.72. The summed E-state index contributed by atoms with van der Waals surface area (Å²) >= 11 is 7.17. The van der Waals surface area contributed by atoms with E-state index in [1.807, 2.05) is 0 Å². The first kappa shape index (κ1) is 18.5. The lowest BCUT2D eigenvalue weighted by Gasteiger charge is -2.13. The van der Waals surface area contributed by atoms with Crippen LogP contribution in [0.15, 0.2) is 42.5 Å². The number of thiophene rings is 1. The van der Waals surface area contributed by atoms with Crippen molar-refractivity contribution < 1.29 is 22.7 Å². The van der Waals surface area contributed by atoms with Crippen LogP contribution in [0.2, 0.25) is 5.02 Å². The van der Waals surface area contributed by atoms with Gasteiger partial charge in [0, 0.05) is 21.7 Å². The number of carbonyl (C=O) groups excluding carboxylic acids is 1. The molecule has 0 fully saturated rings. The molecule has 0 bridgehead atoms. The van der Waals surface area contributed by atoms with Crippen molar-refractivity contribution in [2.24, 2.45) is 0 Å². The summed E-state index contributed by atoms with van der Waals surface area (Å²) < 4.78 is 45.3. The molecule has 0 spiro atoms. The molecule has 0 aliphatic carbocycles. The zero-order chi connectivity index (χ0) is 18.9. The highest BCUT2D eigenvalue weighted by Gasteiger charge is 2.33. The van der Waals surface area contributed by atoms with Crippen LogP contribution < -0.4 is 10.1 Å². The Morgan fingerprint density at radius 3 is 2.65 bits per heavy atom. The van der Waals surface area contributed by atoms with Crippen LogP contribution in [0.3, 0.4) is 0 Å². The van der Waals surface area contributed by atoms with Gasteiger partial charge in [-0.25, -0.2) is 0 Å². The first-order valence-electron chi connectivity index (χ1n) is 7.50. The van der Waals surface area contributed by atoms with Crippen molar-refractivity contribution in [2.75, 3.05) is 7.11 Å². The number of hydrogen-bond acceptors (Lipinski definition) is 3. The first-order chi connectivity index (χ1) is 12.3. The molecule has 8 heteroatoms. The molecule has 3 aromatic rings. The molecule has 1 aromatic heterocycles. The second-order valence-electron chi connectivity index (χ2n) is 5.44. The zero-order valence-corrected chi connectivity index (χ0v) is 15.1. The molecule has 3 nitrogen and oxygen atoms in total. The van der Waals surface area contributed by atoms with Gasteiger partial charge in [-0.05, 0) is 29.8 Å². The van der Waals surface area contributed by atoms with E-state index in [9.17, 15) is 18.0 Å². The first-order valence-corrected chi connectivity index (χ1v) is 8.70. The average molecular weight is 400 g/mol. The minimum Gasteiger partial charge on any atom is -0.494 e. The highest BCUT2D eigenvalue weighted by atomic mass is 35.5. The van der Waals surface area contributed by atoms with Gasteiger partial charge in [0.15, 0.2) is 0 Å². The van der Waals surface area contributed by atoms with Gasteiger partial charge < -0.3 is 10.1 Å². The van der Waals surface area contributed by atoms with Gasteiger partial charge in [-0.15, -0.1) is 11.3 Å². The fourth-order valence-electron chi connectivity index (χ4n) is 2.61. The predicted octanol–water partition coefficient (Wildman–Crippen LogP) is 5.51. The predicted molar refractivity (Wildman–Crippen MR) is 96.0 cm³/mol. The Morgan fingerprint density at radius 2 is 1.96 bits per heavy atom. The van der Waals surface area contributed by atoms with Gasteiger partial charge in [0.25, 0.3) is 5.91 Å². The zero-order valence-electron chi connectivity index (χ0n) is 13.5. The number of ether oxygens (including phenoxy) is 1. The van der Waals surface area contributed by atoms with Crippen LogP contribution in [0.4, 0.5) is 13.2 Å². The quantitative estimate of drug-likeness (QED) is 0.628. The van der Waals surface area contributed by atoms with E-state index in [2.05, 4.69) is 5.32 Å². The fourth-order valence-corrected chi connectivity index (χ4v) is 3.85. The van der Waals surface area contributed by atoms with Crippen LogP contribution in [-0.2, 0) is 12.7 Å². The smallest absolute Gasteiger partial charge is 0.416 e. The maximum absolute atomic E-state index is 13.0. The van der Waals surface area contributed by atoms with Crippen molar-refractivity contribution >= 4 is 38.9 Å². The van der Waals surface area contributed by atoms with E-state index in [-0.39, 0.29) is 17.0 Å². The molecule has 0 unspecified atom stereocenters. The monoisotopic (exact) mass is 399 g/mol. The van der Waals surface area contributed by atoms with Crippen LogP contribution >= 0.6 is 22.9 Å². The number of halogens is 4. The molecule has 26 heavy (non-hydrogen) atoms. The minimum absolute atomic E-state index is 0.00327. The summed E-state index contributed by atoms with van der Waals surface area (Å²) in [7, 11) is 1.43. The van der Waals surface area contributed by atoms with Crippen molar-refractivity contribution in [2.45, 2.75) is 12.7 Å². The summed E-state index contributed by atoms with van der Waals surface area (Å²) in [4.78, 5) is 12.8. The van der Waals surface area contributed by atoms with Crippen molar-refractivity contribution in [1.82, 2.24) is 5.32 Å². The van der Waals surface area contributed by atoms with Gasteiger partial charge in [-0.1, -0.05) is 29.8 Å². The van der Waals surface area contributed by atoms with E-state index >= 15 is 0 Å². The number of fused-ring (bicyclic) bond motifs is 1. The lowest BCUT2D eigenvalue weighted by Crippen LogP contribution is -2.24. The van der Waals surface area contributed by atoms with E-state index in [1.54, 1.807) is 18.2 Å². The second kappa shape index (κ2) is 7.17. The van der Waals surface area contributed by atoms with Gasteiger partial charge in [0.05, 0.1) is 12.7 Å². The van der Waals surface area contributed by atoms with Crippen LogP contribution in [0, 0.1) is 0 Å². The van der Waals surface area contributed by atoms with Crippen LogP contribution in [-0.4, -0.2) is 13.0 Å². The molecule has 0 saturated carbocycles. The number of benzene rings is 2. The molecule has 3 rings (SSSR count). The average Bonchev–Trinajstić information content (AvgIpc) is 2.96. The topological polar surface area (TPSA) is 38.3 Å². The number of amides is 1. The Kier molecular flexibility index (Phi) is 5.11. The van der Waals surface area contributed by atoms with Crippen molar-refractivity contribution in [3.63, 3.8) is 0 Å². The molecule has 0 radical (unpaired) electrons. The van der Waals surface area contributed by atoms with E-state index < -0.39 is 17.6 Å². The van der Waals surface area contributed by atoms with E-state index in [0.29, 0.717) is 16.2 Å². The van der Waals surface area contributed by atoms with E-state index in [4.69, 9.17) is 16.3 Å². The Morgan fingerprint density at radius 1 is 1.23 bits per heavy atom. The number of rotatable bonds is 4. The summed E-state index contributed by atoms with van der Waals surface area (Å²) in [5.41, 5.74) is -0.771. The lowest BCUT2D eigenvalue weighted by molar-refractivity contribution is -0.138. The molecule has 0 saturated heterocycles. The molecule has 0 aliphatic heterocycles. The third-order valence-corrected chi connectivity index (χ3v) is 5.16. The third kappa shape index (κ3) is 3.64. The fraction of sp³-hybridized carbons (Fsp3) is 0.167. The minimum atomic E-state index is -4.48. The maximum atomic E-state index is 13.0. The number of carbonyl (C=O) groups is 1. The van der Waals surface area contributed by atoms with E-state index in [0.717, 1.165) is 10.8 Å². The maximum Gasteiger partial charge on any atom is 0.416 e. The number of methoxy groups -OCH3 is 1. The van der Waals surface area contributed by atoms with Gasteiger partial charge in [0.2, 0.25) is 0 Å². The highest BCUT2D eigenvalue weighted by Crippen LogP contribution is 2.39. The largest absolute Gasteiger partial charge is 0.494 e. The van der Waals surface area contributed by atoms with E-state index in [1.165, 1.54) is 36.6 Å². The molecule has 1 N–H and O–H groups in total. The summed E-state index contributed by atoms with van der Waals surface area (Å²) in [5.74, 6) is -0.148. The van der Waals surface area contributed by atoms with Gasteiger partial charge in [-0.2, -0.15) is 13.2 Å². The standard InChI is InChI=1S/C18H13ClF3NO2S/c1-25-15-12-8-11(19)6-7-14(12)26-16(15)17(24)23-9-10-4-2-3-5-13(10)18(20,21)22/h2-8H,9H2,1H3,(H,23,24). The summed E-state index contributed by atoms with van der Waals surface area (Å²) in [6.07, 6.45) is -4.48. The Balaban J connectivity index is 1.87. The Bertz CT molecular complexity index is 969. The van der Waals surface area contributed by atoms with Crippen molar-refractivity contribution in [1.29, 1.82) is 0 Å². The SMILES string of the molecule is COc1c(C(=O)NCc2ccccc2C(F)(F)F)sc2ccc(Cl)cc12. The van der Waals surface area contributed by atoms with Gasteiger partial charge >= 0.3 is 6.18 Å². The van der Waals surface area contributed by atoms with Crippen LogP contribution in [0.1, 0.15) is 20.8 Å². The molecule has 2 aromatic carbocycles. The molecule has 1 heterocycles. The second-order valence-corrected chi connectivity index (χ2v) is 6.93. The molecule has 136 valence electrons. The van der Waals surface area contributed by atoms with Crippen molar-refractivity contribution in [3.8, 4) is 5.75 Å². The third-order valence-electron chi connectivity index (χ3n) is 3.78. The number of alkyl halides is 3. The van der Waals surface area contributed by atoms with Gasteiger partial charge in [0.1, 0.15) is 10.6 Å². The lowest BCUT2D eigenvalue weighted by atomic mass is 10.1. The molecular formula is C18H13ClF3NO2S. The molecular weight excluding hydrogens is 387 g/mol. The molecule has 0 aliphatic rings. The summed E-state index contributed by atoms with van der Waals surface area (Å²) in [6.45, 7) is -0.243. The number of hydrogen-bond donors (Lipinski definition) is 1.